The predicted molar refractivity (Wildman–Crippen MR) is 69.4 cm³/mol. The van der Waals surface area contributed by atoms with Crippen molar-refractivity contribution in [3.05, 3.63) is 48.6 Å². The minimum Gasteiger partial charge on any atom is -0.375 e. The first-order valence-electron chi connectivity index (χ1n) is 6.20. The second-order valence-electron chi connectivity index (χ2n) is 4.43. The first-order valence-corrected chi connectivity index (χ1v) is 6.20. The molecule has 18 heavy (non-hydrogen) atoms. The molecule has 0 aliphatic carbocycles. The summed E-state index contributed by atoms with van der Waals surface area (Å²) in [7, 11) is 0. The molecule has 2 atom stereocenters. The second kappa shape index (κ2) is 6.47. The molecule has 0 spiro atoms. The van der Waals surface area contributed by atoms with Crippen molar-refractivity contribution in [1.29, 1.82) is 0 Å². The van der Waals surface area contributed by atoms with Crippen molar-refractivity contribution in [3.8, 4) is 0 Å². The van der Waals surface area contributed by atoms with Gasteiger partial charge in [0.2, 0.25) is 0 Å². The van der Waals surface area contributed by atoms with E-state index in [0.29, 0.717) is 26.1 Å². The van der Waals surface area contributed by atoms with E-state index in [1.165, 1.54) is 0 Å². The van der Waals surface area contributed by atoms with Gasteiger partial charge in [-0.3, -0.25) is 4.79 Å². The van der Waals surface area contributed by atoms with E-state index in [2.05, 4.69) is 6.58 Å². The number of benzene rings is 1. The molecule has 0 saturated carbocycles. The SMILES string of the molecule is C=CCOCC1CC(=O)C(Cc2ccccc2)O1. The lowest BCUT2D eigenvalue weighted by Gasteiger charge is -2.12. The van der Waals surface area contributed by atoms with E-state index < -0.39 is 0 Å². The first kappa shape index (κ1) is 13.0. The van der Waals surface area contributed by atoms with Gasteiger partial charge in [-0.25, -0.2) is 0 Å². The number of hydrogen-bond donors (Lipinski definition) is 0. The number of Topliss-reactive ketones (excluding diaryl/α,β-unsaturated/α-hetero) is 1. The zero-order valence-electron chi connectivity index (χ0n) is 10.4. The van der Waals surface area contributed by atoms with Crippen LogP contribution in [0.2, 0.25) is 0 Å². The molecule has 3 nitrogen and oxygen atoms in total. The van der Waals surface area contributed by atoms with Crippen molar-refractivity contribution in [1.82, 2.24) is 0 Å². The third kappa shape index (κ3) is 3.52. The fourth-order valence-electron chi connectivity index (χ4n) is 2.08. The topological polar surface area (TPSA) is 35.5 Å². The summed E-state index contributed by atoms with van der Waals surface area (Å²) >= 11 is 0. The molecule has 1 heterocycles. The summed E-state index contributed by atoms with van der Waals surface area (Å²) in [5, 5.41) is 0. The predicted octanol–water partition coefficient (Wildman–Crippen LogP) is 2.16. The number of ketones is 1. The maximum absolute atomic E-state index is 11.8. The lowest BCUT2D eigenvalue weighted by Crippen LogP contribution is -2.20. The molecule has 2 unspecified atom stereocenters. The number of ether oxygens (including phenoxy) is 2. The maximum atomic E-state index is 11.8. The van der Waals surface area contributed by atoms with Gasteiger partial charge in [0.25, 0.3) is 0 Å². The summed E-state index contributed by atoms with van der Waals surface area (Å²) in [6.45, 7) is 4.54. The van der Waals surface area contributed by atoms with Gasteiger partial charge in [0.1, 0.15) is 6.10 Å². The average molecular weight is 246 g/mol. The standard InChI is InChI=1S/C15H18O3/c1-2-8-17-11-13-10-14(16)15(18-13)9-12-6-4-3-5-7-12/h2-7,13,15H,1,8-11H2. The Bertz CT molecular complexity index is 399. The van der Waals surface area contributed by atoms with E-state index in [9.17, 15) is 4.79 Å². The van der Waals surface area contributed by atoms with Gasteiger partial charge in [-0.1, -0.05) is 36.4 Å². The smallest absolute Gasteiger partial charge is 0.164 e. The van der Waals surface area contributed by atoms with Crippen LogP contribution in [0.5, 0.6) is 0 Å². The van der Waals surface area contributed by atoms with Gasteiger partial charge in [0, 0.05) is 12.8 Å². The van der Waals surface area contributed by atoms with Crippen molar-refractivity contribution >= 4 is 5.78 Å². The Morgan fingerprint density at radius 1 is 1.39 bits per heavy atom. The Morgan fingerprint density at radius 2 is 2.17 bits per heavy atom. The van der Waals surface area contributed by atoms with Gasteiger partial charge in [-0.2, -0.15) is 0 Å². The summed E-state index contributed by atoms with van der Waals surface area (Å²) < 4.78 is 11.0. The Labute approximate surface area is 107 Å². The maximum Gasteiger partial charge on any atom is 0.164 e. The number of hydrogen-bond acceptors (Lipinski definition) is 3. The normalized spacial score (nSPS) is 23.2. The van der Waals surface area contributed by atoms with Gasteiger partial charge in [0.15, 0.2) is 5.78 Å². The van der Waals surface area contributed by atoms with Crippen molar-refractivity contribution in [2.24, 2.45) is 0 Å². The third-order valence-electron chi connectivity index (χ3n) is 2.95. The molecule has 1 aromatic carbocycles. The van der Waals surface area contributed by atoms with Crippen molar-refractivity contribution in [2.45, 2.75) is 25.0 Å². The largest absolute Gasteiger partial charge is 0.375 e. The quantitative estimate of drug-likeness (QED) is 0.570. The summed E-state index contributed by atoms with van der Waals surface area (Å²) in [4.78, 5) is 11.8. The molecule has 1 aliphatic heterocycles. The fourth-order valence-corrected chi connectivity index (χ4v) is 2.08. The van der Waals surface area contributed by atoms with Crippen LogP contribution in [-0.2, 0) is 20.7 Å². The monoisotopic (exact) mass is 246 g/mol. The van der Waals surface area contributed by atoms with Gasteiger partial charge in [0.05, 0.1) is 19.3 Å². The molecule has 0 aromatic heterocycles. The van der Waals surface area contributed by atoms with Crippen LogP contribution in [0, 0.1) is 0 Å². The van der Waals surface area contributed by atoms with Gasteiger partial charge in [-0.05, 0) is 5.56 Å². The molecule has 0 N–H and O–H groups in total. The minimum atomic E-state index is -0.315. The van der Waals surface area contributed by atoms with Gasteiger partial charge < -0.3 is 9.47 Å². The highest BCUT2D eigenvalue weighted by molar-refractivity contribution is 5.85. The number of carbonyl (C=O) groups is 1. The van der Waals surface area contributed by atoms with Crippen LogP contribution in [0.4, 0.5) is 0 Å². The summed E-state index contributed by atoms with van der Waals surface area (Å²) in [5.74, 6) is 0.172. The van der Waals surface area contributed by atoms with Crippen LogP contribution >= 0.6 is 0 Å². The Balaban J connectivity index is 1.84. The van der Waals surface area contributed by atoms with Crippen molar-refractivity contribution in [3.63, 3.8) is 0 Å². The van der Waals surface area contributed by atoms with Crippen LogP contribution in [-0.4, -0.2) is 31.2 Å². The number of carbonyl (C=O) groups excluding carboxylic acids is 1. The zero-order valence-corrected chi connectivity index (χ0v) is 10.4. The molecule has 1 aromatic rings. The molecule has 0 radical (unpaired) electrons. The summed E-state index contributed by atoms with van der Waals surface area (Å²) in [5.41, 5.74) is 1.13. The van der Waals surface area contributed by atoms with E-state index in [1.807, 2.05) is 30.3 Å². The van der Waals surface area contributed by atoms with Crippen LogP contribution in [0.3, 0.4) is 0 Å². The van der Waals surface area contributed by atoms with Crippen molar-refractivity contribution < 1.29 is 14.3 Å². The van der Waals surface area contributed by atoms with Crippen LogP contribution < -0.4 is 0 Å². The molecule has 3 heteroatoms. The third-order valence-corrected chi connectivity index (χ3v) is 2.95. The molecule has 0 amide bonds. The summed E-state index contributed by atoms with van der Waals surface area (Å²) in [6, 6.07) is 9.93. The average Bonchev–Trinajstić information content (AvgIpc) is 2.72. The fraction of sp³-hybridized carbons (Fsp3) is 0.400. The van der Waals surface area contributed by atoms with Crippen molar-refractivity contribution in [2.75, 3.05) is 13.2 Å². The van der Waals surface area contributed by atoms with Gasteiger partial charge in [-0.15, -0.1) is 6.58 Å². The Hall–Kier alpha value is -1.45. The second-order valence-corrected chi connectivity index (χ2v) is 4.43. The molecule has 96 valence electrons. The van der Waals surface area contributed by atoms with E-state index in [0.717, 1.165) is 5.56 Å². The van der Waals surface area contributed by atoms with E-state index >= 15 is 0 Å². The molecule has 2 rings (SSSR count). The lowest BCUT2D eigenvalue weighted by molar-refractivity contribution is -0.122. The van der Waals surface area contributed by atoms with Crippen LogP contribution in [0.1, 0.15) is 12.0 Å². The Morgan fingerprint density at radius 3 is 2.89 bits per heavy atom. The first-order chi connectivity index (χ1) is 8.79. The highest BCUT2D eigenvalue weighted by atomic mass is 16.5. The minimum absolute atomic E-state index is 0.105. The molecular formula is C15H18O3. The molecule has 1 fully saturated rings. The highest BCUT2D eigenvalue weighted by Gasteiger charge is 2.33. The highest BCUT2D eigenvalue weighted by Crippen LogP contribution is 2.20. The Kier molecular flexibility index (Phi) is 4.67. The van der Waals surface area contributed by atoms with E-state index in [-0.39, 0.29) is 18.0 Å². The zero-order chi connectivity index (χ0) is 12.8. The molecule has 1 aliphatic rings. The molecular weight excluding hydrogens is 228 g/mol. The summed E-state index contributed by atoms with van der Waals surface area (Å²) in [6.07, 6.45) is 2.38. The molecule has 1 saturated heterocycles. The van der Waals surface area contributed by atoms with E-state index in [4.69, 9.17) is 9.47 Å². The lowest BCUT2D eigenvalue weighted by atomic mass is 10.0. The van der Waals surface area contributed by atoms with E-state index in [1.54, 1.807) is 6.08 Å². The van der Waals surface area contributed by atoms with Crippen LogP contribution in [0.15, 0.2) is 43.0 Å². The van der Waals surface area contributed by atoms with Crippen LogP contribution in [0.25, 0.3) is 0 Å². The van der Waals surface area contributed by atoms with Gasteiger partial charge >= 0.3 is 0 Å². The molecule has 0 bridgehead atoms. The number of rotatable bonds is 6.